The first kappa shape index (κ1) is 14.1. The van der Waals surface area contributed by atoms with Gasteiger partial charge in [0.15, 0.2) is 0 Å². The van der Waals surface area contributed by atoms with Crippen LogP contribution in [0.2, 0.25) is 5.02 Å². The third-order valence-corrected chi connectivity index (χ3v) is 3.53. The number of aliphatic hydroxyl groups excluding tert-OH is 1. The van der Waals surface area contributed by atoms with E-state index in [0.29, 0.717) is 0 Å². The van der Waals surface area contributed by atoms with Crippen LogP contribution in [0, 0.1) is 0 Å². The molecule has 0 heterocycles. The summed E-state index contributed by atoms with van der Waals surface area (Å²) in [6.45, 7) is 2.87. The summed E-state index contributed by atoms with van der Waals surface area (Å²) < 4.78 is 0. The van der Waals surface area contributed by atoms with E-state index in [-0.39, 0.29) is 6.04 Å². The normalized spacial score (nSPS) is 14.1. The molecule has 0 aromatic heterocycles. The number of hydrogen-bond donors (Lipinski definition) is 2. The summed E-state index contributed by atoms with van der Waals surface area (Å²) in [4.78, 5) is 0. The molecule has 19 heavy (non-hydrogen) atoms. The van der Waals surface area contributed by atoms with Crippen LogP contribution in [-0.4, -0.2) is 11.1 Å². The number of quaternary nitrogens is 1. The molecule has 0 unspecified atom stereocenters. The highest BCUT2D eigenvalue weighted by molar-refractivity contribution is 6.30. The molecule has 2 nitrogen and oxygen atoms in total. The third-order valence-electron chi connectivity index (χ3n) is 3.28. The minimum absolute atomic E-state index is 0.109. The minimum Gasteiger partial charge on any atom is -0.382 e. The van der Waals surface area contributed by atoms with E-state index >= 15 is 0 Å². The van der Waals surface area contributed by atoms with Crippen LogP contribution in [0.25, 0.3) is 0 Å². The molecular weight excluding hydrogens is 258 g/mol. The molecule has 2 atom stereocenters. The Morgan fingerprint density at radius 2 is 1.68 bits per heavy atom. The molecule has 0 aliphatic carbocycles. The first-order valence-electron chi connectivity index (χ1n) is 6.47. The fourth-order valence-electron chi connectivity index (χ4n) is 2.03. The molecule has 2 aromatic carbocycles. The van der Waals surface area contributed by atoms with Crippen LogP contribution in [0.5, 0.6) is 0 Å². The average molecular weight is 277 g/mol. The Morgan fingerprint density at radius 3 is 2.32 bits per heavy atom. The third kappa shape index (κ3) is 4.06. The molecule has 0 fully saturated rings. The Balaban J connectivity index is 1.90. The van der Waals surface area contributed by atoms with Crippen molar-refractivity contribution in [1.82, 2.24) is 0 Å². The molecule has 0 aliphatic rings. The highest BCUT2D eigenvalue weighted by atomic mass is 35.5. The maximum absolute atomic E-state index is 10.3. The first-order valence-corrected chi connectivity index (χ1v) is 6.85. The molecule has 3 N–H and O–H groups in total. The van der Waals surface area contributed by atoms with Crippen molar-refractivity contribution >= 4 is 11.6 Å². The summed E-state index contributed by atoms with van der Waals surface area (Å²) in [5.41, 5.74) is 2.17. The maximum atomic E-state index is 10.3. The van der Waals surface area contributed by atoms with Gasteiger partial charge >= 0.3 is 0 Å². The zero-order valence-corrected chi connectivity index (χ0v) is 11.7. The second kappa shape index (κ2) is 6.71. The molecule has 0 bridgehead atoms. The molecule has 0 radical (unpaired) electrons. The number of halogens is 1. The van der Waals surface area contributed by atoms with Crippen LogP contribution in [0.1, 0.15) is 24.2 Å². The number of hydrogen-bond acceptors (Lipinski definition) is 1. The summed E-state index contributed by atoms with van der Waals surface area (Å²) in [5, 5.41) is 13.1. The van der Waals surface area contributed by atoms with Gasteiger partial charge in [-0.2, -0.15) is 0 Å². The van der Waals surface area contributed by atoms with Crippen molar-refractivity contribution in [3.05, 3.63) is 70.7 Å². The van der Waals surface area contributed by atoms with Crippen molar-refractivity contribution in [2.45, 2.75) is 25.6 Å². The Labute approximate surface area is 119 Å². The lowest BCUT2D eigenvalue weighted by Gasteiger charge is -2.17. The van der Waals surface area contributed by atoms with E-state index in [4.69, 9.17) is 11.6 Å². The fraction of sp³-hybridized carbons (Fsp3) is 0.250. The van der Waals surface area contributed by atoms with Gasteiger partial charge in [-0.05, 0) is 24.6 Å². The largest absolute Gasteiger partial charge is 0.382 e. The van der Waals surface area contributed by atoms with Crippen molar-refractivity contribution in [2.24, 2.45) is 0 Å². The summed E-state index contributed by atoms with van der Waals surface area (Å²) in [6, 6.07) is 17.7. The Bertz CT molecular complexity index is 498. The lowest BCUT2D eigenvalue weighted by atomic mass is 10.0. The van der Waals surface area contributed by atoms with Crippen molar-refractivity contribution in [2.75, 3.05) is 0 Å². The van der Waals surface area contributed by atoms with Gasteiger partial charge in [-0.15, -0.1) is 0 Å². The van der Waals surface area contributed by atoms with Crippen LogP contribution in [0.15, 0.2) is 54.6 Å². The number of benzene rings is 2. The molecule has 0 saturated carbocycles. The molecule has 2 rings (SSSR count). The topological polar surface area (TPSA) is 36.8 Å². The van der Waals surface area contributed by atoms with Crippen molar-refractivity contribution < 1.29 is 10.4 Å². The van der Waals surface area contributed by atoms with Gasteiger partial charge in [0.25, 0.3) is 0 Å². The van der Waals surface area contributed by atoms with Crippen molar-refractivity contribution in [3.63, 3.8) is 0 Å². The summed E-state index contributed by atoms with van der Waals surface area (Å²) in [5.74, 6) is 0. The maximum Gasteiger partial charge on any atom is 0.130 e. The Morgan fingerprint density at radius 1 is 1.05 bits per heavy atom. The van der Waals surface area contributed by atoms with Crippen LogP contribution in [0.4, 0.5) is 0 Å². The predicted octanol–water partition coefficient (Wildman–Crippen LogP) is 2.53. The average Bonchev–Trinajstić information content (AvgIpc) is 2.46. The standard InChI is InChI=1S/C16H18ClNO/c1-12(16(19)14-5-3-2-4-6-14)18-11-13-7-9-15(17)10-8-13/h2-10,12,16,18-19H,11H2,1H3/p+1/t12-,16+/m1/s1. The summed E-state index contributed by atoms with van der Waals surface area (Å²) in [6.07, 6.45) is -0.450. The molecule has 3 heteroatoms. The second-order valence-corrected chi connectivity index (χ2v) is 5.22. The number of aliphatic hydroxyl groups is 1. The molecule has 0 aliphatic heterocycles. The van der Waals surface area contributed by atoms with Crippen LogP contribution >= 0.6 is 11.6 Å². The molecule has 2 aromatic rings. The van der Waals surface area contributed by atoms with Crippen molar-refractivity contribution in [1.29, 1.82) is 0 Å². The van der Waals surface area contributed by atoms with Crippen molar-refractivity contribution in [3.8, 4) is 0 Å². The van der Waals surface area contributed by atoms with E-state index in [0.717, 1.165) is 17.1 Å². The molecular formula is C16H19ClNO+. The molecule has 100 valence electrons. The monoisotopic (exact) mass is 276 g/mol. The number of rotatable bonds is 5. The van der Waals surface area contributed by atoms with E-state index < -0.39 is 6.10 Å². The number of nitrogens with two attached hydrogens (primary N) is 1. The van der Waals surface area contributed by atoms with Gasteiger partial charge in [-0.3, -0.25) is 0 Å². The highest BCUT2D eigenvalue weighted by Gasteiger charge is 2.18. The lowest BCUT2D eigenvalue weighted by Crippen LogP contribution is -2.88. The van der Waals surface area contributed by atoms with E-state index in [1.165, 1.54) is 5.56 Å². The highest BCUT2D eigenvalue weighted by Crippen LogP contribution is 2.14. The van der Waals surface area contributed by atoms with Crippen LogP contribution < -0.4 is 5.32 Å². The van der Waals surface area contributed by atoms with Gasteiger partial charge < -0.3 is 10.4 Å². The van der Waals surface area contributed by atoms with E-state index in [1.807, 2.05) is 61.5 Å². The summed E-state index contributed by atoms with van der Waals surface area (Å²) in [7, 11) is 0. The zero-order chi connectivity index (χ0) is 13.7. The van der Waals surface area contributed by atoms with Gasteiger partial charge in [0.05, 0.1) is 0 Å². The fourth-order valence-corrected chi connectivity index (χ4v) is 2.15. The van der Waals surface area contributed by atoms with Gasteiger partial charge in [0.1, 0.15) is 18.7 Å². The molecule has 0 amide bonds. The van der Waals surface area contributed by atoms with E-state index in [2.05, 4.69) is 5.32 Å². The Kier molecular flexibility index (Phi) is 4.97. The second-order valence-electron chi connectivity index (χ2n) is 4.78. The first-order chi connectivity index (χ1) is 9.16. The van der Waals surface area contributed by atoms with Crippen LogP contribution in [-0.2, 0) is 6.54 Å². The Hall–Kier alpha value is -1.35. The minimum atomic E-state index is -0.450. The quantitative estimate of drug-likeness (QED) is 0.865. The summed E-state index contributed by atoms with van der Waals surface area (Å²) >= 11 is 5.85. The van der Waals surface area contributed by atoms with E-state index in [1.54, 1.807) is 0 Å². The molecule has 0 saturated heterocycles. The van der Waals surface area contributed by atoms with Gasteiger partial charge in [0.2, 0.25) is 0 Å². The lowest BCUT2D eigenvalue weighted by molar-refractivity contribution is -0.709. The smallest absolute Gasteiger partial charge is 0.130 e. The zero-order valence-electron chi connectivity index (χ0n) is 11.0. The predicted molar refractivity (Wildman–Crippen MR) is 77.9 cm³/mol. The van der Waals surface area contributed by atoms with Gasteiger partial charge in [-0.1, -0.05) is 54.1 Å². The SMILES string of the molecule is C[C@@H]([NH2+]Cc1ccc(Cl)cc1)[C@H](O)c1ccccc1. The van der Waals surface area contributed by atoms with Gasteiger partial charge in [0, 0.05) is 10.6 Å². The molecule has 0 spiro atoms. The van der Waals surface area contributed by atoms with Gasteiger partial charge in [-0.25, -0.2) is 0 Å². The van der Waals surface area contributed by atoms with E-state index in [9.17, 15) is 5.11 Å². The van der Waals surface area contributed by atoms with Crippen LogP contribution in [0.3, 0.4) is 0 Å².